The number of methoxy groups -OCH3 is 1. The van der Waals surface area contributed by atoms with Crippen LogP contribution in [0.25, 0.3) is 0 Å². The van der Waals surface area contributed by atoms with Gasteiger partial charge in [0.1, 0.15) is 5.56 Å². The van der Waals surface area contributed by atoms with Crippen LogP contribution < -0.4 is 4.74 Å². The number of aliphatic carboxylic acids is 1. The highest BCUT2D eigenvalue weighted by atomic mass is 16.5. The van der Waals surface area contributed by atoms with Crippen molar-refractivity contribution in [3.8, 4) is 5.88 Å². The van der Waals surface area contributed by atoms with Crippen molar-refractivity contribution in [1.29, 1.82) is 0 Å². The minimum Gasteiger partial charge on any atom is -0.481 e. The van der Waals surface area contributed by atoms with Crippen LogP contribution >= 0.6 is 0 Å². The molecule has 0 unspecified atom stereocenters. The van der Waals surface area contributed by atoms with Crippen LogP contribution in [0.3, 0.4) is 0 Å². The summed E-state index contributed by atoms with van der Waals surface area (Å²) < 4.78 is 4.97. The third-order valence-corrected chi connectivity index (χ3v) is 2.20. The van der Waals surface area contributed by atoms with Crippen molar-refractivity contribution < 1.29 is 19.4 Å². The Kier molecular flexibility index (Phi) is 4.45. The van der Waals surface area contributed by atoms with E-state index in [-0.39, 0.29) is 24.8 Å². The fraction of sp³-hybridized carbons (Fsp3) is 0.364. The third kappa shape index (κ3) is 3.44. The van der Waals surface area contributed by atoms with Crippen LogP contribution in [0.4, 0.5) is 0 Å². The summed E-state index contributed by atoms with van der Waals surface area (Å²) in [7, 11) is 2.97. The molecular formula is C11H14N2O4. The molecule has 1 N–H and O–H groups in total. The van der Waals surface area contributed by atoms with Gasteiger partial charge in [-0.3, -0.25) is 9.59 Å². The first-order valence-corrected chi connectivity index (χ1v) is 5.02. The van der Waals surface area contributed by atoms with Crippen LogP contribution in [0.1, 0.15) is 16.8 Å². The van der Waals surface area contributed by atoms with Gasteiger partial charge in [0.05, 0.1) is 13.5 Å². The minimum absolute atomic E-state index is 0.0924. The van der Waals surface area contributed by atoms with Gasteiger partial charge in [-0.25, -0.2) is 4.98 Å². The quantitative estimate of drug-likeness (QED) is 0.814. The number of pyridine rings is 1. The molecule has 0 saturated carbocycles. The average molecular weight is 238 g/mol. The van der Waals surface area contributed by atoms with Crippen LogP contribution in [0.2, 0.25) is 0 Å². The van der Waals surface area contributed by atoms with E-state index in [9.17, 15) is 9.59 Å². The van der Waals surface area contributed by atoms with Crippen molar-refractivity contribution in [3.05, 3.63) is 23.9 Å². The summed E-state index contributed by atoms with van der Waals surface area (Å²) in [4.78, 5) is 27.6. The van der Waals surface area contributed by atoms with Gasteiger partial charge in [0.25, 0.3) is 5.91 Å². The minimum atomic E-state index is -0.942. The van der Waals surface area contributed by atoms with E-state index < -0.39 is 5.97 Å². The number of amides is 1. The van der Waals surface area contributed by atoms with Crippen molar-refractivity contribution >= 4 is 11.9 Å². The number of aromatic nitrogens is 1. The summed E-state index contributed by atoms with van der Waals surface area (Å²) in [5.41, 5.74) is 0.322. The van der Waals surface area contributed by atoms with E-state index in [0.717, 1.165) is 0 Å². The smallest absolute Gasteiger partial charge is 0.305 e. The molecule has 6 nitrogen and oxygen atoms in total. The molecule has 1 rings (SSSR count). The number of carboxylic acids is 1. The number of hydrogen-bond donors (Lipinski definition) is 1. The number of carboxylic acid groups (broad SMARTS) is 1. The second-order valence-corrected chi connectivity index (χ2v) is 3.43. The molecule has 0 atom stereocenters. The predicted molar refractivity (Wildman–Crippen MR) is 60.0 cm³/mol. The Bertz CT molecular complexity index is 420. The molecular weight excluding hydrogens is 224 g/mol. The second-order valence-electron chi connectivity index (χ2n) is 3.43. The van der Waals surface area contributed by atoms with E-state index in [1.807, 2.05) is 0 Å². The first-order valence-electron chi connectivity index (χ1n) is 5.02. The van der Waals surface area contributed by atoms with Gasteiger partial charge in [0, 0.05) is 19.8 Å². The molecule has 0 aliphatic carbocycles. The zero-order valence-electron chi connectivity index (χ0n) is 9.71. The van der Waals surface area contributed by atoms with E-state index in [4.69, 9.17) is 9.84 Å². The molecule has 17 heavy (non-hydrogen) atoms. The largest absolute Gasteiger partial charge is 0.481 e. The molecule has 0 aromatic carbocycles. The fourth-order valence-electron chi connectivity index (χ4n) is 1.29. The van der Waals surface area contributed by atoms with Crippen molar-refractivity contribution in [1.82, 2.24) is 9.88 Å². The molecule has 92 valence electrons. The lowest BCUT2D eigenvalue weighted by Gasteiger charge is -2.16. The highest BCUT2D eigenvalue weighted by Crippen LogP contribution is 2.15. The molecule has 0 radical (unpaired) electrons. The molecule has 1 aromatic rings. The summed E-state index contributed by atoms with van der Waals surface area (Å²) in [6.07, 6.45) is 1.43. The van der Waals surface area contributed by atoms with Crippen LogP contribution in [0, 0.1) is 0 Å². The number of nitrogens with zero attached hydrogens (tertiary/aromatic N) is 2. The highest BCUT2D eigenvalue weighted by molar-refractivity contribution is 5.96. The van der Waals surface area contributed by atoms with Gasteiger partial charge in [0.15, 0.2) is 0 Å². The SMILES string of the molecule is COc1ncccc1C(=O)N(C)CCC(=O)O. The van der Waals surface area contributed by atoms with Gasteiger partial charge in [-0.05, 0) is 12.1 Å². The molecule has 0 saturated heterocycles. The maximum atomic E-state index is 11.9. The monoisotopic (exact) mass is 238 g/mol. The first kappa shape index (κ1) is 13.0. The van der Waals surface area contributed by atoms with E-state index >= 15 is 0 Å². The third-order valence-electron chi connectivity index (χ3n) is 2.20. The highest BCUT2D eigenvalue weighted by Gasteiger charge is 2.17. The standard InChI is InChI=1S/C11H14N2O4/c1-13(7-5-9(14)15)11(16)8-4-3-6-12-10(8)17-2/h3-4,6H,5,7H2,1-2H3,(H,14,15). The molecule has 0 fully saturated rings. The van der Waals surface area contributed by atoms with E-state index in [1.54, 1.807) is 12.1 Å². The van der Waals surface area contributed by atoms with Gasteiger partial charge in [-0.1, -0.05) is 0 Å². The van der Waals surface area contributed by atoms with E-state index in [2.05, 4.69) is 4.98 Å². The van der Waals surface area contributed by atoms with E-state index in [0.29, 0.717) is 5.56 Å². The molecule has 1 heterocycles. The van der Waals surface area contributed by atoms with Crippen molar-refractivity contribution in [3.63, 3.8) is 0 Å². The molecule has 6 heteroatoms. The Labute approximate surface area is 98.8 Å². The fourth-order valence-corrected chi connectivity index (χ4v) is 1.29. The Hall–Kier alpha value is -2.11. The lowest BCUT2D eigenvalue weighted by molar-refractivity contribution is -0.137. The Morgan fingerprint density at radius 3 is 2.82 bits per heavy atom. The molecule has 1 amide bonds. The van der Waals surface area contributed by atoms with E-state index in [1.165, 1.54) is 25.3 Å². The Morgan fingerprint density at radius 1 is 1.53 bits per heavy atom. The maximum Gasteiger partial charge on any atom is 0.305 e. The zero-order valence-corrected chi connectivity index (χ0v) is 9.71. The summed E-state index contributed by atoms with van der Waals surface area (Å²) in [6.45, 7) is 0.145. The van der Waals surface area contributed by atoms with Crippen molar-refractivity contribution in [2.24, 2.45) is 0 Å². The first-order chi connectivity index (χ1) is 8.06. The molecule has 0 aliphatic heterocycles. The topological polar surface area (TPSA) is 79.7 Å². The van der Waals surface area contributed by atoms with Gasteiger partial charge in [-0.15, -0.1) is 0 Å². The van der Waals surface area contributed by atoms with Gasteiger partial charge in [-0.2, -0.15) is 0 Å². The second kappa shape index (κ2) is 5.83. The zero-order chi connectivity index (χ0) is 12.8. The number of carbonyl (C=O) groups is 2. The normalized spacial score (nSPS) is 9.76. The summed E-state index contributed by atoms with van der Waals surface area (Å²) >= 11 is 0. The van der Waals surface area contributed by atoms with Gasteiger partial charge < -0.3 is 14.7 Å². The number of carbonyl (C=O) groups excluding carboxylic acids is 1. The molecule has 1 aromatic heterocycles. The van der Waals surface area contributed by atoms with Crippen LogP contribution in [-0.2, 0) is 4.79 Å². The number of hydrogen-bond acceptors (Lipinski definition) is 4. The lowest BCUT2D eigenvalue weighted by Crippen LogP contribution is -2.29. The molecule has 0 spiro atoms. The van der Waals surface area contributed by atoms with Crippen LogP contribution in [-0.4, -0.2) is 47.6 Å². The molecule has 0 aliphatic rings. The Morgan fingerprint density at radius 2 is 2.24 bits per heavy atom. The summed E-state index contributed by atoms with van der Waals surface area (Å²) in [5, 5.41) is 8.54. The predicted octanol–water partition coefficient (Wildman–Crippen LogP) is 0.637. The maximum absolute atomic E-state index is 11.9. The van der Waals surface area contributed by atoms with Crippen molar-refractivity contribution in [2.75, 3.05) is 20.7 Å². The Balaban J connectivity index is 2.77. The van der Waals surface area contributed by atoms with Crippen LogP contribution in [0.5, 0.6) is 5.88 Å². The average Bonchev–Trinajstić information content (AvgIpc) is 2.34. The number of ether oxygens (including phenoxy) is 1. The number of rotatable bonds is 5. The van der Waals surface area contributed by atoms with Crippen LogP contribution in [0.15, 0.2) is 18.3 Å². The van der Waals surface area contributed by atoms with Gasteiger partial charge in [0.2, 0.25) is 5.88 Å². The lowest BCUT2D eigenvalue weighted by atomic mass is 10.2. The van der Waals surface area contributed by atoms with Crippen molar-refractivity contribution in [2.45, 2.75) is 6.42 Å². The molecule has 0 bridgehead atoms. The summed E-state index contributed by atoms with van der Waals surface area (Å²) in [6, 6.07) is 3.21. The van der Waals surface area contributed by atoms with Gasteiger partial charge >= 0.3 is 5.97 Å². The summed E-state index contributed by atoms with van der Waals surface area (Å²) in [5.74, 6) is -1.02.